The highest BCUT2D eigenvalue weighted by Crippen LogP contribution is 2.02. The summed E-state index contributed by atoms with van der Waals surface area (Å²) in [4.78, 5) is 0. The van der Waals surface area contributed by atoms with Gasteiger partial charge in [-0.1, -0.05) is 12.2 Å². The lowest BCUT2D eigenvalue weighted by atomic mass is 11.9. The third-order valence-electron chi connectivity index (χ3n) is 0.160. The molecule has 0 amide bonds. The molecule has 0 rings (SSSR count). The molecule has 0 aliphatic rings. The molecule has 0 bridgehead atoms. The topological polar surface area (TPSA) is 0 Å². The van der Waals surface area contributed by atoms with Crippen molar-refractivity contribution in [1.82, 2.24) is 0 Å². The summed E-state index contributed by atoms with van der Waals surface area (Å²) in [6.45, 7) is 0. The van der Waals surface area contributed by atoms with Gasteiger partial charge in [0.25, 0.3) is 0 Å². The molecule has 0 saturated heterocycles. The quantitative estimate of drug-likeness (QED) is 0.404. The van der Waals surface area contributed by atoms with Crippen LogP contribution in [0.25, 0.3) is 0 Å². The Hall–Kier alpha value is 0.920. The standard InChI is InChI=1S/C2H3BrS2/c1-5-2(3)4/h1H3. The van der Waals surface area contributed by atoms with Gasteiger partial charge in [-0.2, -0.15) is 0 Å². The van der Waals surface area contributed by atoms with E-state index >= 15 is 0 Å². The third-order valence-corrected chi connectivity index (χ3v) is 1.95. The van der Waals surface area contributed by atoms with Crippen molar-refractivity contribution in [3.63, 3.8) is 0 Å². The third kappa shape index (κ3) is 4.92. The number of hydrogen-bond acceptors (Lipinski definition) is 2. The second kappa shape index (κ2) is 3.12. The summed E-state index contributed by atoms with van der Waals surface area (Å²) in [5, 5.41) is 0. The van der Waals surface area contributed by atoms with Crippen LogP contribution in [0.5, 0.6) is 0 Å². The summed E-state index contributed by atoms with van der Waals surface area (Å²) in [6, 6.07) is 0. The monoisotopic (exact) mass is 170 g/mol. The Balaban J connectivity index is 2.85. The van der Waals surface area contributed by atoms with Crippen molar-refractivity contribution < 1.29 is 0 Å². The molecule has 0 unspecified atom stereocenters. The van der Waals surface area contributed by atoms with Gasteiger partial charge in [-0.25, -0.2) is 0 Å². The zero-order chi connectivity index (χ0) is 4.28. The van der Waals surface area contributed by atoms with Crippen molar-refractivity contribution in [3.8, 4) is 0 Å². The lowest BCUT2D eigenvalue weighted by Gasteiger charge is -1.73. The van der Waals surface area contributed by atoms with Crippen LogP contribution in [0.1, 0.15) is 0 Å². The first-order valence-electron chi connectivity index (χ1n) is 1.01. The van der Waals surface area contributed by atoms with Gasteiger partial charge in [0.1, 0.15) is 3.11 Å². The second-order valence-electron chi connectivity index (χ2n) is 0.442. The first-order valence-corrected chi connectivity index (χ1v) is 3.43. The average molecular weight is 171 g/mol. The van der Waals surface area contributed by atoms with E-state index < -0.39 is 0 Å². The molecular formula is C2H3BrS2. The summed E-state index contributed by atoms with van der Waals surface area (Å²) >= 11 is 9.17. The lowest BCUT2D eigenvalue weighted by molar-refractivity contribution is 2.54. The zero-order valence-corrected chi connectivity index (χ0v) is 5.91. The fraction of sp³-hybridized carbons (Fsp3) is 0.500. The van der Waals surface area contributed by atoms with Crippen molar-refractivity contribution in [2.45, 2.75) is 0 Å². The average Bonchev–Trinajstić information content (AvgIpc) is 1.38. The van der Waals surface area contributed by atoms with E-state index in [1.54, 1.807) is 0 Å². The van der Waals surface area contributed by atoms with Crippen LogP contribution >= 0.6 is 39.9 Å². The summed E-state index contributed by atoms with van der Waals surface area (Å²) in [5.74, 6) is 0. The smallest absolute Gasteiger partial charge is 0.111 e. The van der Waals surface area contributed by atoms with E-state index in [4.69, 9.17) is 0 Å². The molecule has 0 fully saturated rings. The fourth-order valence-electron chi connectivity index (χ4n) is 0. The molecule has 0 nitrogen and oxygen atoms in total. The molecule has 0 spiro atoms. The minimum Gasteiger partial charge on any atom is -0.111 e. The molecule has 0 aromatic rings. The van der Waals surface area contributed by atoms with E-state index in [0.717, 1.165) is 3.11 Å². The number of hydrogen-bond donors (Lipinski definition) is 0. The van der Waals surface area contributed by atoms with Crippen LogP contribution in [0, 0.1) is 0 Å². The van der Waals surface area contributed by atoms with Gasteiger partial charge in [0.05, 0.1) is 0 Å². The Morgan fingerprint density at radius 2 is 2.20 bits per heavy atom. The normalized spacial score (nSPS) is 7.60. The molecule has 0 aliphatic heterocycles. The Kier molecular flexibility index (Phi) is 3.70. The Morgan fingerprint density at radius 1 is 2.00 bits per heavy atom. The summed E-state index contributed by atoms with van der Waals surface area (Å²) in [5.41, 5.74) is 0. The molecule has 3 heteroatoms. The van der Waals surface area contributed by atoms with Crippen molar-refractivity contribution in [3.05, 3.63) is 0 Å². The Morgan fingerprint density at radius 3 is 2.20 bits per heavy atom. The molecule has 0 aliphatic carbocycles. The predicted molar refractivity (Wildman–Crippen MR) is 35.0 cm³/mol. The van der Waals surface area contributed by atoms with E-state index in [1.807, 2.05) is 6.26 Å². The van der Waals surface area contributed by atoms with Gasteiger partial charge >= 0.3 is 0 Å². The molecule has 0 aromatic carbocycles. The van der Waals surface area contributed by atoms with Crippen molar-refractivity contribution in [2.75, 3.05) is 6.26 Å². The van der Waals surface area contributed by atoms with E-state index in [1.165, 1.54) is 11.8 Å². The molecule has 0 aromatic heterocycles. The highest BCUT2D eigenvalue weighted by molar-refractivity contribution is 9.24. The molecule has 5 heavy (non-hydrogen) atoms. The van der Waals surface area contributed by atoms with Gasteiger partial charge in [-0.15, -0.1) is 11.8 Å². The van der Waals surface area contributed by atoms with E-state index in [-0.39, 0.29) is 0 Å². The molecule has 0 N–H and O–H groups in total. The number of halogens is 1. The van der Waals surface area contributed by atoms with Gasteiger partial charge in [0.15, 0.2) is 0 Å². The second-order valence-corrected chi connectivity index (χ2v) is 3.77. The summed E-state index contributed by atoms with van der Waals surface area (Å²) in [6.07, 6.45) is 1.93. The molecule has 0 saturated carbocycles. The maximum absolute atomic E-state index is 4.58. The van der Waals surface area contributed by atoms with Crippen LogP contribution in [0.15, 0.2) is 0 Å². The Bertz CT molecular complexity index is 42.9. The van der Waals surface area contributed by atoms with Crippen molar-refractivity contribution >= 4 is 43.0 Å². The van der Waals surface area contributed by atoms with E-state index in [9.17, 15) is 0 Å². The molecular weight excluding hydrogens is 168 g/mol. The van der Waals surface area contributed by atoms with Crippen LogP contribution in [-0.4, -0.2) is 9.36 Å². The van der Waals surface area contributed by atoms with Crippen LogP contribution in [0.3, 0.4) is 0 Å². The molecule has 0 atom stereocenters. The van der Waals surface area contributed by atoms with Gasteiger partial charge in [0.2, 0.25) is 0 Å². The molecule has 0 radical (unpaired) electrons. The highest BCUT2D eigenvalue weighted by Gasteiger charge is 1.74. The molecule has 0 heterocycles. The van der Waals surface area contributed by atoms with Crippen LogP contribution in [0.4, 0.5) is 0 Å². The number of thiocarbonyl (C=S) groups is 1. The predicted octanol–water partition coefficient (Wildman–Crippen LogP) is 2.03. The molecule has 30 valence electrons. The first-order chi connectivity index (χ1) is 2.27. The van der Waals surface area contributed by atoms with Crippen molar-refractivity contribution in [2.24, 2.45) is 0 Å². The van der Waals surface area contributed by atoms with Crippen molar-refractivity contribution in [1.29, 1.82) is 0 Å². The van der Waals surface area contributed by atoms with Crippen LogP contribution in [-0.2, 0) is 0 Å². The van der Waals surface area contributed by atoms with Crippen LogP contribution in [0.2, 0.25) is 0 Å². The maximum atomic E-state index is 4.58. The number of thioether (sulfide) groups is 1. The SMILES string of the molecule is CSC(=S)Br. The Labute approximate surface area is 49.5 Å². The minimum absolute atomic E-state index is 0.817. The zero-order valence-electron chi connectivity index (χ0n) is 2.69. The van der Waals surface area contributed by atoms with Gasteiger partial charge in [-0.3, -0.25) is 0 Å². The van der Waals surface area contributed by atoms with Gasteiger partial charge in [-0.05, 0) is 22.2 Å². The number of rotatable bonds is 0. The first kappa shape index (κ1) is 5.92. The summed E-state index contributed by atoms with van der Waals surface area (Å²) < 4.78 is 0.817. The largest absolute Gasteiger partial charge is 0.113 e. The minimum atomic E-state index is 0.817. The van der Waals surface area contributed by atoms with Gasteiger partial charge in [0, 0.05) is 0 Å². The van der Waals surface area contributed by atoms with E-state index in [0.29, 0.717) is 0 Å². The fourth-order valence-corrected chi connectivity index (χ4v) is 0. The highest BCUT2D eigenvalue weighted by atomic mass is 79.9. The van der Waals surface area contributed by atoms with E-state index in [2.05, 4.69) is 28.1 Å². The lowest BCUT2D eigenvalue weighted by Crippen LogP contribution is -1.58. The van der Waals surface area contributed by atoms with Gasteiger partial charge < -0.3 is 0 Å². The maximum Gasteiger partial charge on any atom is 0.113 e. The summed E-state index contributed by atoms with van der Waals surface area (Å²) in [7, 11) is 0. The van der Waals surface area contributed by atoms with Crippen LogP contribution < -0.4 is 0 Å².